The van der Waals surface area contributed by atoms with Gasteiger partial charge in [0.15, 0.2) is 0 Å². The lowest BCUT2D eigenvalue weighted by Gasteiger charge is -2.07. The average molecular weight is 309 g/mol. The van der Waals surface area contributed by atoms with E-state index in [4.69, 9.17) is 0 Å². The van der Waals surface area contributed by atoms with E-state index in [1.165, 1.54) is 6.33 Å². The maximum absolute atomic E-state index is 11.3. The maximum Gasteiger partial charge on any atom is 0.213 e. The second-order valence-electron chi connectivity index (χ2n) is 2.96. The first kappa shape index (κ1) is 13.3. The third kappa shape index (κ3) is 4.42. The van der Waals surface area contributed by atoms with E-state index in [9.17, 15) is 8.42 Å². The van der Waals surface area contributed by atoms with Crippen molar-refractivity contribution in [1.29, 1.82) is 0 Å². The van der Waals surface area contributed by atoms with E-state index in [0.29, 0.717) is 23.4 Å². The minimum absolute atomic E-state index is 0.0112. The minimum atomic E-state index is -3.19. The van der Waals surface area contributed by atoms with Crippen molar-refractivity contribution in [2.45, 2.75) is 6.92 Å². The molecule has 90 valence electrons. The number of halogens is 1. The van der Waals surface area contributed by atoms with Gasteiger partial charge in [-0.05, 0) is 15.9 Å². The molecule has 0 aliphatic rings. The third-order valence-corrected chi connectivity index (χ3v) is 3.75. The second kappa shape index (κ2) is 6.12. The molecule has 1 heterocycles. The summed E-state index contributed by atoms with van der Waals surface area (Å²) >= 11 is 3.26. The zero-order valence-corrected chi connectivity index (χ0v) is 11.2. The van der Waals surface area contributed by atoms with Crippen molar-refractivity contribution < 1.29 is 8.42 Å². The zero-order chi connectivity index (χ0) is 12.0. The topological polar surface area (TPSA) is 84.0 Å². The van der Waals surface area contributed by atoms with Crippen LogP contribution in [0.1, 0.15) is 6.92 Å². The van der Waals surface area contributed by atoms with Crippen molar-refractivity contribution >= 4 is 31.8 Å². The van der Waals surface area contributed by atoms with Gasteiger partial charge in [0.2, 0.25) is 10.0 Å². The number of anilines is 1. The van der Waals surface area contributed by atoms with Gasteiger partial charge in [-0.1, -0.05) is 6.92 Å². The Bertz CT molecular complexity index is 437. The van der Waals surface area contributed by atoms with Crippen LogP contribution in [0.4, 0.5) is 5.82 Å². The number of hydrogen-bond donors (Lipinski definition) is 2. The normalized spacial score (nSPS) is 11.4. The molecule has 16 heavy (non-hydrogen) atoms. The molecule has 0 radical (unpaired) electrons. The van der Waals surface area contributed by atoms with Crippen LogP contribution in [0.2, 0.25) is 0 Å². The number of nitrogens with zero attached hydrogens (tertiary/aromatic N) is 2. The second-order valence-corrected chi connectivity index (χ2v) is 5.74. The molecule has 1 aromatic rings. The number of hydrogen-bond acceptors (Lipinski definition) is 5. The molecule has 0 amide bonds. The Kier molecular flexibility index (Phi) is 5.10. The summed E-state index contributed by atoms with van der Waals surface area (Å²) in [5.74, 6) is 0.596. The van der Waals surface area contributed by atoms with Crippen molar-refractivity contribution in [3.63, 3.8) is 0 Å². The summed E-state index contributed by atoms with van der Waals surface area (Å²) in [7, 11) is -3.19. The quantitative estimate of drug-likeness (QED) is 0.803. The van der Waals surface area contributed by atoms with E-state index in [2.05, 4.69) is 35.9 Å². The van der Waals surface area contributed by atoms with Gasteiger partial charge >= 0.3 is 0 Å². The van der Waals surface area contributed by atoms with Gasteiger partial charge in [-0.2, -0.15) is 0 Å². The monoisotopic (exact) mass is 308 g/mol. The molecule has 0 atom stereocenters. The summed E-state index contributed by atoms with van der Waals surface area (Å²) < 4.78 is 25.7. The van der Waals surface area contributed by atoms with Gasteiger partial charge < -0.3 is 5.32 Å². The molecule has 6 nitrogen and oxygen atoms in total. The van der Waals surface area contributed by atoms with Gasteiger partial charge in [0.05, 0.1) is 10.2 Å². The van der Waals surface area contributed by atoms with E-state index in [0.717, 1.165) is 0 Å². The fraction of sp³-hybridized carbons (Fsp3) is 0.500. The summed E-state index contributed by atoms with van der Waals surface area (Å²) in [6, 6.07) is 0. The fourth-order valence-corrected chi connectivity index (χ4v) is 2.35. The first-order valence-electron chi connectivity index (χ1n) is 4.72. The molecular formula is C8H13BrN4O2S. The highest BCUT2D eigenvalue weighted by Gasteiger charge is 2.08. The van der Waals surface area contributed by atoms with E-state index in [1.54, 1.807) is 13.1 Å². The molecule has 0 saturated heterocycles. The van der Waals surface area contributed by atoms with E-state index in [-0.39, 0.29) is 5.75 Å². The van der Waals surface area contributed by atoms with Crippen molar-refractivity contribution in [3.8, 4) is 0 Å². The molecule has 0 unspecified atom stereocenters. The Morgan fingerprint density at radius 2 is 2.25 bits per heavy atom. The highest BCUT2D eigenvalue weighted by molar-refractivity contribution is 9.10. The molecule has 1 rings (SSSR count). The molecule has 2 N–H and O–H groups in total. The number of aromatic nitrogens is 2. The van der Waals surface area contributed by atoms with E-state index in [1.807, 2.05) is 0 Å². The van der Waals surface area contributed by atoms with Crippen molar-refractivity contribution in [1.82, 2.24) is 14.7 Å². The van der Waals surface area contributed by atoms with Crippen LogP contribution >= 0.6 is 15.9 Å². The summed E-state index contributed by atoms with van der Waals surface area (Å²) in [6.07, 6.45) is 2.99. The Labute approximate surface area is 103 Å². The summed E-state index contributed by atoms with van der Waals surface area (Å²) in [4.78, 5) is 7.76. The van der Waals surface area contributed by atoms with Crippen molar-refractivity contribution in [3.05, 3.63) is 17.0 Å². The van der Waals surface area contributed by atoms with Gasteiger partial charge in [-0.25, -0.2) is 23.1 Å². The van der Waals surface area contributed by atoms with Crippen LogP contribution in [0.15, 0.2) is 17.0 Å². The van der Waals surface area contributed by atoms with Crippen LogP contribution in [-0.4, -0.2) is 37.2 Å². The van der Waals surface area contributed by atoms with Crippen LogP contribution < -0.4 is 10.0 Å². The maximum atomic E-state index is 11.3. The van der Waals surface area contributed by atoms with Gasteiger partial charge in [-0.15, -0.1) is 0 Å². The van der Waals surface area contributed by atoms with Crippen LogP contribution in [0, 0.1) is 0 Å². The fourth-order valence-electron chi connectivity index (χ4n) is 1.04. The lowest BCUT2D eigenvalue weighted by Crippen LogP contribution is -2.29. The Morgan fingerprint density at radius 1 is 1.50 bits per heavy atom. The number of rotatable bonds is 6. The first-order chi connectivity index (χ1) is 7.55. The smallest absolute Gasteiger partial charge is 0.213 e. The molecule has 0 spiro atoms. The summed E-state index contributed by atoms with van der Waals surface area (Å²) in [6.45, 7) is 2.44. The zero-order valence-electron chi connectivity index (χ0n) is 8.77. The highest BCUT2D eigenvalue weighted by atomic mass is 79.9. The predicted molar refractivity (Wildman–Crippen MR) is 65.7 cm³/mol. The summed E-state index contributed by atoms with van der Waals surface area (Å²) in [5.41, 5.74) is 0. The molecular weight excluding hydrogens is 296 g/mol. The molecule has 0 aliphatic carbocycles. The van der Waals surface area contributed by atoms with E-state index < -0.39 is 10.0 Å². The molecule has 1 aromatic heterocycles. The van der Waals surface area contributed by atoms with E-state index >= 15 is 0 Å². The lowest BCUT2D eigenvalue weighted by atomic mass is 10.5. The van der Waals surface area contributed by atoms with Gasteiger partial charge in [0.1, 0.15) is 12.1 Å². The Balaban J connectivity index is 2.45. The van der Waals surface area contributed by atoms with Crippen molar-refractivity contribution in [2.75, 3.05) is 24.2 Å². The third-order valence-electron chi connectivity index (χ3n) is 1.70. The van der Waals surface area contributed by atoms with Crippen LogP contribution in [0.3, 0.4) is 0 Å². The van der Waals surface area contributed by atoms with Gasteiger partial charge in [0, 0.05) is 19.3 Å². The number of nitrogens with one attached hydrogen (secondary N) is 2. The van der Waals surface area contributed by atoms with Crippen LogP contribution in [-0.2, 0) is 10.0 Å². The van der Waals surface area contributed by atoms with Crippen LogP contribution in [0.5, 0.6) is 0 Å². The molecule has 0 fully saturated rings. The first-order valence-corrected chi connectivity index (χ1v) is 7.16. The van der Waals surface area contributed by atoms with Gasteiger partial charge in [-0.3, -0.25) is 0 Å². The number of sulfonamides is 1. The van der Waals surface area contributed by atoms with Crippen molar-refractivity contribution in [2.24, 2.45) is 0 Å². The highest BCUT2D eigenvalue weighted by Crippen LogP contribution is 2.16. The molecule has 0 bridgehead atoms. The molecule has 0 aliphatic heterocycles. The largest absolute Gasteiger partial charge is 0.368 e. The Morgan fingerprint density at radius 3 is 2.88 bits per heavy atom. The molecule has 0 saturated carbocycles. The minimum Gasteiger partial charge on any atom is -0.368 e. The SMILES string of the molecule is CCNS(=O)(=O)CCNc1ncncc1Br. The average Bonchev–Trinajstić information content (AvgIpc) is 2.20. The molecule has 8 heteroatoms. The predicted octanol–water partition coefficient (Wildman–Crippen LogP) is 0.590. The van der Waals surface area contributed by atoms with Crippen LogP contribution in [0.25, 0.3) is 0 Å². The van der Waals surface area contributed by atoms with Gasteiger partial charge in [0.25, 0.3) is 0 Å². The lowest BCUT2D eigenvalue weighted by molar-refractivity contribution is 0.584. The Hall–Kier alpha value is -0.730. The standard InChI is InChI=1S/C8H13BrN4O2S/c1-2-13-16(14,15)4-3-11-8-7(9)5-10-6-12-8/h5-6,13H,2-4H2,1H3,(H,10,11,12). The summed E-state index contributed by atoms with van der Waals surface area (Å²) in [5, 5.41) is 2.91. The molecule has 0 aromatic carbocycles.